The average Bonchev–Trinajstić information content (AvgIpc) is 2.95. The summed E-state index contributed by atoms with van der Waals surface area (Å²) in [4.78, 5) is 2.53. The zero-order chi connectivity index (χ0) is 15.1. The third-order valence-electron chi connectivity index (χ3n) is 4.08. The quantitative estimate of drug-likeness (QED) is 0.747. The molecule has 2 rings (SSSR count). The van der Waals surface area contributed by atoms with Crippen molar-refractivity contribution in [1.29, 1.82) is 0 Å². The van der Waals surface area contributed by atoms with Gasteiger partial charge in [-0.05, 0) is 56.1 Å². The maximum atomic E-state index is 5.37. The summed E-state index contributed by atoms with van der Waals surface area (Å²) in [7, 11) is 3.36. The van der Waals surface area contributed by atoms with Crippen molar-refractivity contribution in [3.8, 4) is 11.5 Å². The number of hydrogen-bond acceptors (Lipinski definition) is 4. The van der Waals surface area contributed by atoms with E-state index >= 15 is 0 Å². The highest BCUT2D eigenvalue weighted by molar-refractivity contribution is 5.42. The van der Waals surface area contributed by atoms with E-state index in [-0.39, 0.29) is 0 Å². The molecule has 0 bridgehead atoms. The number of nitrogens with zero attached hydrogens (tertiary/aromatic N) is 1. The van der Waals surface area contributed by atoms with Crippen molar-refractivity contribution < 1.29 is 9.47 Å². The van der Waals surface area contributed by atoms with E-state index in [9.17, 15) is 0 Å². The van der Waals surface area contributed by atoms with Gasteiger partial charge in [-0.2, -0.15) is 0 Å². The first kappa shape index (κ1) is 16.1. The van der Waals surface area contributed by atoms with Crippen molar-refractivity contribution in [3.63, 3.8) is 0 Å². The molecular weight excluding hydrogens is 264 g/mol. The summed E-state index contributed by atoms with van der Waals surface area (Å²) >= 11 is 0. The van der Waals surface area contributed by atoms with E-state index in [1.807, 2.05) is 6.07 Å². The third-order valence-corrected chi connectivity index (χ3v) is 4.08. The van der Waals surface area contributed by atoms with Crippen molar-refractivity contribution >= 4 is 0 Å². The predicted molar refractivity (Wildman–Crippen MR) is 86.1 cm³/mol. The molecule has 0 amide bonds. The van der Waals surface area contributed by atoms with Gasteiger partial charge in [0.1, 0.15) is 0 Å². The van der Waals surface area contributed by atoms with Gasteiger partial charge >= 0.3 is 0 Å². The minimum atomic E-state index is 0.789. The second-order valence-corrected chi connectivity index (χ2v) is 5.78. The van der Waals surface area contributed by atoms with Crippen LogP contribution in [0.2, 0.25) is 0 Å². The monoisotopic (exact) mass is 292 g/mol. The molecule has 1 aliphatic heterocycles. The minimum Gasteiger partial charge on any atom is -0.493 e. The fourth-order valence-electron chi connectivity index (χ4n) is 2.94. The molecule has 4 heteroatoms. The summed E-state index contributed by atoms with van der Waals surface area (Å²) < 4.78 is 10.7. The van der Waals surface area contributed by atoms with Gasteiger partial charge in [-0.25, -0.2) is 0 Å². The van der Waals surface area contributed by atoms with Crippen LogP contribution in [-0.2, 0) is 6.54 Å². The maximum Gasteiger partial charge on any atom is 0.161 e. The molecule has 1 aromatic rings. The Bertz CT molecular complexity index is 437. The van der Waals surface area contributed by atoms with E-state index in [4.69, 9.17) is 9.47 Å². The molecular formula is C17H28N2O2. The van der Waals surface area contributed by atoms with Crippen molar-refractivity contribution in [3.05, 3.63) is 23.8 Å². The fourth-order valence-corrected chi connectivity index (χ4v) is 2.94. The molecule has 1 N–H and O–H groups in total. The molecule has 21 heavy (non-hydrogen) atoms. The highest BCUT2D eigenvalue weighted by Gasteiger charge is 2.22. The van der Waals surface area contributed by atoms with Crippen molar-refractivity contribution in [2.24, 2.45) is 5.92 Å². The Morgan fingerprint density at radius 2 is 2.05 bits per heavy atom. The van der Waals surface area contributed by atoms with E-state index in [1.165, 1.54) is 31.5 Å². The summed E-state index contributed by atoms with van der Waals surface area (Å²) in [5, 5.41) is 3.53. The van der Waals surface area contributed by atoms with Gasteiger partial charge in [0.15, 0.2) is 11.5 Å². The van der Waals surface area contributed by atoms with Crippen LogP contribution in [0.3, 0.4) is 0 Å². The van der Waals surface area contributed by atoms with Crippen molar-refractivity contribution in [1.82, 2.24) is 10.2 Å². The van der Waals surface area contributed by atoms with Crippen molar-refractivity contribution in [2.75, 3.05) is 40.4 Å². The molecule has 1 aliphatic rings. The topological polar surface area (TPSA) is 33.7 Å². The first-order valence-electron chi connectivity index (χ1n) is 7.90. The van der Waals surface area contributed by atoms with E-state index in [1.54, 1.807) is 14.2 Å². The average molecular weight is 292 g/mol. The molecule has 118 valence electrons. The molecule has 4 nitrogen and oxygen atoms in total. The fraction of sp³-hybridized carbons (Fsp3) is 0.647. The largest absolute Gasteiger partial charge is 0.493 e. The highest BCUT2D eigenvalue weighted by atomic mass is 16.5. The summed E-state index contributed by atoms with van der Waals surface area (Å²) in [5.41, 5.74) is 1.29. The molecule has 0 saturated carbocycles. The van der Waals surface area contributed by atoms with Crippen LogP contribution in [0.1, 0.15) is 25.3 Å². The molecule has 0 aromatic heterocycles. The Labute approximate surface area is 128 Å². The van der Waals surface area contributed by atoms with Crippen LogP contribution < -0.4 is 14.8 Å². The Balaban J connectivity index is 1.85. The van der Waals surface area contributed by atoms with E-state index < -0.39 is 0 Å². The number of hydrogen-bond donors (Lipinski definition) is 1. The number of rotatable bonds is 8. The van der Waals surface area contributed by atoms with Crippen LogP contribution in [0.15, 0.2) is 18.2 Å². The molecule has 1 aromatic carbocycles. The lowest BCUT2D eigenvalue weighted by molar-refractivity contribution is 0.312. The molecule has 1 heterocycles. The Kier molecular flexibility index (Phi) is 6.33. The molecule has 1 atom stereocenters. The lowest BCUT2D eigenvalue weighted by Crippen LogP contribution is -2.26. The number of methoxy groups -OCH3 is 2. The van der Waals surface area contributed by atoms with E-state index in [2.05, 4.69) is 29.3 Å². The van der Waals surface area contributed by atoms with Gasteiger partial charge in [0, 0.05) is 13.1 Å². The van der Waals surface area contributed by atoms with Crippen LogP contribution >= 0.6 is 0 Å². The van der Waals surface area contributed by atoms with Crippen LogP contribution in [-0.4, -0.2) is 45.3 Å². The summed E-state index contributed by atoms with van der Waals surface area (Å²) in [6, 6.07) is 6.20. The molecule has 1 unspecified atom stereocenters. The van der Waals surface area contributed by atoms with Crippen LogP contribution in [0, 0.1) is 5.92 Å². The van der Waals surface area contributed by atoms with Crippen molar-refractivity contribution in [2.45, 2.75) is 26.3 Å². The molecule has 0 aliphatic carbocycles. The van der Waals surface area contributed by atoms with Gasteiger partial charge in [-0.1, -0.05) is 13.0 Å². The van der Waals surface area contributed by atoms with Gasteiger partial charge in [-0.15, -0.1) is 0 Å². The van der Waals surface area contributed by atoms with Crippen LogP contribution in [0.5, 0.6) is 11.5 Å². The molecule has 1 saturated heterocycles. The third kappa shape index (κ3) is 4.61. The Morgan fingerprint density at radius 3 is 2.76 bits per heavy atom. The Morgan fingerprint density at radius 1 is 1.24 bits per heavy atom. The Hall–Kier alpha value is -1.26. The zero-order valence-electron chi connectivity index (χ0n) is 13.5. The summed E-state index contributed by atoms with van der Waals surface area (Å²) in [6.07, 6.45) is 2.51. The van der Waals surface area contributed by atoms with Gasteiger partial charge in [-0.3, -0.25) is 4.90 Å². The maximum absolute atomic E-state index is 5.37. The number of likely N-dealkylation sites (tertiary alicyclic amines) is 1. The molecule has 1 fully saturated rings. The van der Waals surface area contributed by atoms with Crippen LogP contribution in [0.25, 0.3) is 0 Å². The second-order valence-electron chi connectivity index (χ2n) is 5.78. The second kappa shape index (κ2) is 8.25. The number of ether oxygens (including phenoxy) is 2. The summed E-state index contributed by atoms with van der Waals surface area (Å²) in [5.74, 6) is 2.40. The first-order chi connectivity index (χ1) is 10.3. The lowest BCUT2D eigenvalue weighted by Gasteiger charge is -2.17. The van der Waals surface area contributed by atoms with Gasteiger partial charge in [0.25, 0.3) is 0 Å². The van der Waals surface area contributed by atoms with Gasteiger partial charge in [0.2, 0.25) is 0 Å². The SMILES string of the molecule is CCCNCC1CCN(Cc2ccc(OC)c(OC)c2)C1. The zero-order valence-corrected chi connectivity index (χ0v) is 13.5. The lowest BCUT2D eigenvalue weighted by atomic mass is 10.1. The van der Waals surface area contributed by atoms with Crippen LogP contribution in [0.4, 0.5) is 0 Å². The number of nitrogens with one attached hydrogen (secondary N) is 1. The van der Waals surface area contributed by atoms with Gasteiger partial charge in [0.05, 0.1) is 14.2 Å². The first-order valence-corrected chi connectivity index (χ1v) is 7.90. The van der Waals surface area contributed by atoms with Gasteiger partial charge < -0.3 is 14.8 Å². The number of benzene rings is 1. The van der Waals surface area contributed by atoms with E-state index in [0.29, 0.717) is 0 Å². The minimum absolute atomic E-state index is 0.789. The highest BCUT2D eigenvalue weighted by Crippen LogP contribution is 2.28. The van der Waals surface area contributed by atoms with E-state index in [0.717, 1.165) is 37.1 Å². The smallest absolute Gasteiger partial charge is 0.161 e. The normalized spacial score (nSPS) is 18.9. The predicted octanol–water partition coefficient (Wildman–Crippen LogP) is 2.53. The standard InChI is InChI=1S/C17H28N2O2/c1-4-8-18-11-15-7-9-19(13-15)12-14-5-6-16(20-2)17(10-14)21-3/h5-6,10,15,18H,4,7-9,11-13H2,1-3H3. The molecule has 0 spiro atoms. The molecule has 0 radical (unpaired) electrons. The summed E-state index contributed by atoms with van der Waals surface area (Å²) in [6.45, 7) is 7.86.